The maximum atomic E-state index is 12.9. The van der Waals surface area contributed by atoms with Crippen LogP contribution in [-0.4, -0.2) is 35.3 Å². The van der Waals surface area contributed by atoms with Gasteiger partial charge in [-0.15, -0.1) is 0 Å². The molecule has 2 aromatic rings. The normalized spacial score (nSPS) is 21.8. The maximum Gasteiger partial charge on any atom is 0.253 e. The highest BCUT2D eigenvalue weighted by Gasteiger charge is 2.43. The van der Waals surface area contributed by atoms with Crippen LogP contribution in [0.2, 0.25) is 5.02 Å². The number of carbonyl (C=O) groups excluding carboxylic acids is 2. The van der Waals surface area contributed by atoms with Gasteiger partial charge >= 0.3 is 0 Å². The molecular weight excluding hydrogens is 350 g/mol. The molecular formula is C20H20ClN3O2. The number of halogens is 1. The average molecular weight is 370 g/mol. The Morgan fingerprint density at radius 2 is 1.96 bits per heavy atom. The lowest BCUT2D eigenvalue weighted by atomic mass is 9.93. The standard InChI is InChI=1S/C20H20ClN3O2/c1-13-10-14(6-7-15(13)21)19(26)24-9-8-20(12-24)11-18(25)22-16-4-2-3-5-17(16)23-20/h2-7,10,23H,8-9,11-12H2,1H3,(H,22,25). The van der Waals surface area contributed by atoms with Crippen molar-refractivity contribution in [3.05, 3.63) is 58.6 Å². The molecule has 1 spiro atoms. The van der Waals surface area contributed by atoms with Gasteiger partial charge in [0, 0.05) is 23.7 Å². The summed E-state index contributed by atoms with van der Waals surface area (Å²) in [6.07, 6.45) is 1.07. The second-order valence-electron chi connectivity index (χ2n) is 7.12. The van der Waals surface area contributed by atoms with Crippen molar-refractivity contribution >= 4 is 34.8 Å². The number of benzene rings is 2. The fraction of sp³-hybridized carbons (Fsp3) is 0.300. The first-order valence-electron chi connectivity index (χ1n) is 8.68. The number of para-hydroxylation sites is 2. The van der Waals surface area contributed by atoms with Crippen LogP contribution in [0.5, 0.6) is 0 Å². The van der Waals surface area contributed by atoms with Gasteiger partial charge in [0.1, 0.15) is 0 Å². The van der Waals surface area contributed by atoms with Gasteiger partial charge in [-0.2, -0.15) is 0 Å². The Morgan fingerprint density at radius 3 is 2.73 bits per heavy atom. The highest BCUT2D eigenvalue weighted by molar-refractivity contribution is 6.31. The number of hydrogen-bond acceptors (Lipinski definition) is 3. The zero-order valence-corrected chi connectivity index (χ0v) is 15.3. The first kappa shape index (κ1) is 16.9. The lowest BCUT2D eigenvalue weighted by Crippen LogP contribution is -2.43. The fourth-order valence-corrected chi connectivity index (χ4v) is 3.90. The van der Waals surface area contributed by atoms with E-state index in [1.165, 1.54) is 0 Å². The van der Waals surface area contributed by atoms with Gasteiger partial charge in [-0.05, 0) is 49.2 Å². The molecule has 2 N–H and O–H groups in total. The second-order valence-corrected chi connectivity index (χ2v) is 7.52. The van der Waals surface area contributed by atoms with Gasteiger partial charge < -0.3 is 15.5 Å². The van der Waals surface area contributed by atoms with E-state index in [1.807, 2.05) is 42.2 Å². The quantitative estimate of drug-likeness (QED) is 0.806. The zero-order valence-electron chi connectivity index (χ0n) is 14.5. The number of fused-ring (bicyclic) bond motifs is 1. The number of aryl methyl sites for hydroxylation is 1. The average Bonchev–Trinajstić information content (AvgIpc) is 2.95. The van der Waals surface area contributed by atoms with Crippen LogP contribution in [0, 0.1) is 6.92 Å². The second kappa shape index (κ2) is 6.32. The number of anilines is 2. The molecule has 5 nitrogen and oxygen atoms in total. The fourth-order valence-electron chi connectivity index (χ4n) is 3.79. The monoisotopic (exact) mass is 369 g/mol. The molecule has 0 bridgehead atoms. The van der Waals surface area contributed by atoms with Crippen LogP contribution in [0.4, 0.5) is 11.4 Å². The molecule has 4 rings (SSSR count). The highest BCUT2D eigenvalue weighted by atomic mass is 35.5. The van der Waals surface area contributed by atoms with Crippen LogP contribution in [-0.2, 0) is 4.79 Å². The van der Waals surface area contributed by atoms with Crippen LogP contribution >= 0.6 is 11.6 Å². The summed E-state index contributed by atoms with van der Waals surface area (Å²) in [5, 5.41) is 7.12. The molecule has 6 heteroatoms. The summed E-state index contributed by atoms with van der Waals surface area (Å²) in [5.74, 6) is -0.0551. The van der Waals surface area contributed by atoms with Crippen LogP contribution in [0.3, 0.4) is 0 Å². The summed E-state index contributed by atoms with van der Waals surface area (Å²) in [5.41, 5.74) is 2.76. The minimum atomic E-state index is -0.437. The van der Waals surface area contributed by atoms with E-state index in [4.69, 9.17) is 11.6 Å². The predicted molar refractivity (Wildman–Crippen MR) is 103 cm³/mol. The molecule has 0 radical (unpaired) electrons. The van der Waals surface area contributed by atoms with E-state index in [9.17, 15) is 9.59 Å². The van der Waals surface area contributed by atoms with Crippen LogP contribution in [0.15, 0.2) is 42.5 Å². The number of nitrogens with zero attached hydrogens (tertiary/aromatic N) is 1. The van der Waals surface area contributed by atoms with Crippen LogP contribution in [0.1, 0.15) is 28.8 Å². The SMILES string of the molecule is Cc1cc(C(=O)N2CCC3(CC(=O)Nc4ccccc4N3)C2)ccc1Cl. The predicted octanol–water partition coefficient (Wildman–Crippen LogP) is 3.69. The van der Waals surface area contributed by atoms with Gasteiger partial charge in [-0.3, -0.25) is 9.59 Å². The van der Waals surface area contributed by atoms with Gasteiger partial charge in [0.05, 0.1) is 23.3 Å². The zero-order chi connectivity index (χ0) is 18.3. The Hall–Kier alpha value is -2.53. The molecule has 0 aromatic heterocycles. The molecule has 1 unspecified atom stereocenters. The molecule has 1 atom stereocenters. The number of rotatable bonds is 1. The summed E-state index contributed by atoms with van der Waals surface area (Å²) in [6, 6.07) is 13.0. The molecule has 0 aliphatic carbocycles. The lowest BCUT2D eigenvalue weighted by Gasteiger charge is -2.29. The Kier molecular flexibility index (Phi) is 4.11. The van der Waals surface area contributed by atoms with Crippen molar-refractivity contribution in [2.75, 3.05) is 23.7 Å². The number of carbonyl (C=O) groups is 2. The van der Waals surface area contributed by atoms with Crippen molar-refractivity contribution in [2.24, 2.45) is 0 Å². The molecule has 1 fully saturated rings. The largest absolute Gasteiger partial charge is 0.376 e. The van der Waals surface area contributed by atoms with Crippen molar-refractivity contribution in [3.8, 4) is 0 Å². The smallest absolute Gasteiger partial charge is 0.253 e. The topological polar surface area (TPSA) is 61.4 Å². The van der Waals surface area contributed by atoms with E-state index in [0.29, 0.717) is 30.1 Å². The first-order valence-corrected chi connectivity index (χ1v) is 9.06. The third-order valence-corrected chi connectivity index (χ3v) is 5.57. The number of nitrogens with one attached hydrogen (secondary N) is 2. The number of hydrogen-bond donors (Lipinski definition) is 2. The van der Waals surface area contributed by atoms with Crippen molar-refractivity contribution in [1.29, 1.82) is 0 Å². The van der Waals surface area contributed by atoms with Gasteiger partial charge in [0.2, 0.25) is 5.91 Å². The summed E-state index contributed by atoms with van der Waals surface area (Å²) < 4.78 is 0. The summed E-state index contributed by atoms with van der Waals surface area (Å²) >= 11 is 6.06. The van der Waals surface area contributed by atoms with Crippen molar-refractivity contribution in [3.63, 3.8) is 0 Å². The van der Waals surface area contributed by atoms with Crippen LogP contribution in [0.25, 0.3) is 0 Å². The maximum absolute atomic E-state index is 12.9. The summed E-state index contributed by atoms with van der Waals surface area (Å²) in [7, 11) is 0. The first-order chi connectivity index (χ1) is 12.5. The van der Waals surface area contributed by atoms with Crippen molar-refractivity contribution in [1.82, 2.24) is 4.90 Å². The molecule has 26 heavy (non-hydrogen) atoms. The summed E-state index contributed by atoms with van der Waals surface area (Å²) in [4.78, 5) is 27.1. The molecule has 1 saturated heterocycles. The molecule has 2 aliphatic rings. The van der Waals surface area contributed by atoms with E-state index in [-0.39, 0.29) is 11.8 Å². The van der Waals surface area contributed by atoms with E-state index in [2.05, 4.69) is 10.6 Å². The van der Waals surface area contributed by atoms with Crippen molar-refractivity contribution < 1.29 is 9.59 Å². The molecule has 2 aromatic carbocycles. The molecule has 2 aliphatic heterocycles. The molecule has 2 heterocycles. The molecule has 134 valence electrons. The van der Waals surface area contributed by atoms with Gasteiger partial charge in [0.25, 0.3) is 5.91 Å². The van der Waals surface area contributed by atoms with E-state index >= 15 is 0 Å². The van der Waals surface area contributed by atoms with Gasteiger partial charge in [0.15, 0.2) is 0 Å². The van der Waals surface area contributed by atoms with Gasteiger partial charge in [-0.1, -0.05) is 23.7 Å². The Balaban J connectivity index is 1.58. The third-order valence-electron chi connectivity index (χ3n) is 5.15. The van der Waals surface area contributed by atoms with Gasteiger partial charge in [-0.25, -0.2) is 0 Å². The minimum absolute atomic E-state index is 0.0265. The van der Waals surface area contributed by atoms with E-state index < -0.39 is 5.54 Å². The Morgan fingerprint density at radius 1 is 1.19 bits per heavy atom. The van der Waals surface area contributed by atoms with Crippen molar-refractivity contribution in [2.45, 2.75) is 25.3 Å². The highest BCUT2D eigenvalue weighted by Crippen LogP contribution is 2.36. The Labute approximate surface area is 157 Å². The Bertz CT molecular complexity index is 898. The number of likely N-dealkylation sites (tertiary alicyclic amines) is 1. The van der Waals surface area contributed by atoms with E-state index in [0.717, 1.165) is 23.4 Å². The lowest BCUT2D eigenvalue weighted by molar-refractivity contribution is -0.117. The third kappa shape index (κ3) is 3.03. The summed E-state index contributed by atoms with van der Waals surface area (Å²) in [6.45, 7) is 3.00. The number of amides is 2. The molecule has 2 amide bonds. The van der Waals surface area contributed by atoms with Crippen LogP contribution < -0.4 is 10.6 Å². The minimum Gasteiger partial charge on any atom is -0.376 e. The van der Waals surface area contributed by atoms with E-state index in [1.54, 1.807) is 12.1 Å². The molecule has 0 saturated carbocycles.